The van der Waals surface area contributed by atoms with Gasteiger partial charge in [0, 0.05) is 25.2 Å². The van der Waals surface area contributed by atoms with Gasteiger partial charge >= 0.3 is 0 Å². The number of methoxy groups -OCH3 is 1. The molecule has 1 saturated carbocycles. The molecule has 0 aliphatic heterocycles. The molecule has 0 aromatic heterocycles. The maximum Gasteiger partial charge on any atom is 0.264 e. The van der Waals surface area contributed by atoms with Crippen LogP contribution < -0.4 is 9.04 Å². The van der Waals surface area contributed by atoms with Crippen molar-refractivity contribution in [3.8, 4) is 5.75 Å². The molecule has 3 rings (SSSR count). The van der Waals surface area contributed by atoms with Crippen LogP contribution in [0.2, 0.25) is 0 Å². The lowest BCUT2D eigenvalue weighted by Gasteiger charge is -2.28. The summed E-state index contributed by atoms with van der Waals surface area (Å²) in [6, 6.07) is 13.4. The van der Waals surface area contributed by atoms with Crippen molar-refractivity contribution in [2.45, 2.75) is 43.5 Å². The third-order valence-corrected chi connectivity index (χ3v) is 7.32. The Morgan fingerprint density at radius 3 is 2.34 bits per heavy atom. The number of benzene rings is 2. The van der Waals surface area contributed by atoms with Gasteiger partial charge in [0.05, 0.1) is 17.7 Å². The molecule has 0 N–H and O–H groups in total. The van der Waals surface area contributed by atoms with Crippen LogP contribution in [0.1, 0.15) is 43.0 Å². The van der Waals surface area contributed by atoms with Gasteiger partial charge in [0.15, 0.2) is 0 Å². The first-order valence-corrected chi connectivity index (χ1v) is 11.4. The summed E-state index contributed by atoms with van der Waals surface area (Å²) >= 11 is 0. The lowest BCUT2D eigenvalue weighted by Crippen LogP contribution is -2.38. The minimum atomic E-state index is -3.80. The van der Waals surface area contributed by atoms with Crippen molar-refractivity contribution in [2.24, 2.45) is 0 Å². The van der Waals surface area contributed by atoms with Crippen LogP contribution in [0.3, 0.4) is 0 Å². The molecular weight excluding hydrogens is 388 g/mol. The number of nitrogens with zero attached hydrogens (tertiary/aromatic N) is 2. The Bertz CT molecular complexity index is 951. The topological polar surface area (TPSA) is 66.9 Å². The Morgan fingerprint density at radius 1 is 1.10 bits per heavy atom. The Kier molecular flexibility index (Phi) is 6.47. The number of hydrogen-bond acceptors (Lipinski definition) is 4. The zero-order valence-electron chi connectivity index (χ0n) is 17.2. The van der Waals surface area contributed by atoms with Gasteiger partial charge in [-0.2, -0.15) is 0 Å². The standard InChI is InChI=1S/C22H28N2O4S/c1-4-24(19-9-5-6-10-19)22(25)17-8-7-11-21(16-17)29(26,27)23(2)18-12-14-20(28-3)15-13-18/h7-8,11-16,19H,4-6,9-10H2,1-3H3. The maximum atomic E-state index is 13.1. The van der Waals surface area contributed by atoms with Crippen LogP contribution in [0.25, 0.3) is 0 Å². The second kappa shape index (κ2) is 8.86. The van der Waals surface area contributed by atoms with E-state index >= 15 is 0 Å². The second-order valence-corrected chi connectivity index (χ2v) is 9.20. The number of sulfonamides is 1. The quantitative estimate of drug-likeness (QED) is 0.686. The lowest BCUT2D eigenvalue weighted by atomic mass is 10.1. The molecule has 0 bridgehead atoms. The molecule has 0 unspecified atom stereocenters. The van der Waals surface area contributed by atoms with Crippen LogP contribution in [0.4, 0.5) is 5.69 Å². The number of amides is 1. The molecule has 1 fully saturated rings. The van der Waals surface area contributed by atoms with Gasteiger partial charge in [0.1, 0.15) is 5.75 Å². The fourth-order valence-electron chi connectivity index (χ4n) is 3.83. The van der Waals surface area contributed by atoms with E-state index in [1.165, 1.54) is 23.5 Å². The predicted octanol–water partition coefficient (Wildman–Crippen LogP) is 3.93. The third kappa shape index (κ3) is 4.40. The third-order valence-electron chi connectivity index (χ3n) is 5.54. The van der Waals surface area contributed by atoms with Crippen LogP contribution in [-0.2, 0) is 10.0 Å². The minimum Gasteiger partial charge on any atom is -0.497 e. The molecule has 0 radical (unpaired) electrons. The highest BCUT2D eigenvalue weighted by Crippen LogP contribution is 2.27. The Balaban J connectivity index is 1.87. The Labute approximate surface area is 173 Å². The van der Waals surface area contributed by atoms with E-state index in [0.717, 1.165) is 25.7 Å². The first kappa shape index (κ1) is 21.2. The van der Waals surface area contributed by atoms with Crippen molar-refractivity contribution < 1.29 is 17.9 Å². The van der Waals surface area contributed by atoms with Crippen molar-refractivity contribution in [3.05, 3.63) is 54.1 Å². The molecule has 6 nitrogen and oxygen atoms in total. The number of hydrogen-bond donors (Lipinski definition) is 0. The summed E-state index contributed by atoms with van der Waals surface area (Å²) in [5.74, 6) is 0.544. The number of rotatable bonds is 7. The average Bonchev–Trinajstić information content (AvgIpc) is 3.28. The second-order valence-electron chi connectivity index (χ2n) is 7.23. The van der Waals surface area contributed by atoms with Gasteiger partial charge in [0.25, 0.3) is 15.9 Å². The number of carbonyl (C=O) groups is 1. The van der Waals surface area contributed by atoms with E-state index in [-0.39, 0.29) is 16.8 Å². The van der Waals surface area contributed by atoms with E-state index in [1.807, 2.05) is 11.8 Å². The average molecular weight is 417 g/mol. The molecule has 2 aromatic rings. The van der Waals surface area contributed by atoms with Gasteiger partial charge in [-0.25, -0.2) is 8.42 Å². The monoisotopic (exact) mass is 416 g/mol. The highest BCUT2D eigenvalue weighted by molar-refractivity contribution is 7.92. The van der Waals surface area contributed by atoms with Gasteiger partial charge in [-0.1, -0.05) is 18.9 Å². The van der Waals surface area contributed by atoms with E-state index in [2.05, 4.69) is 0 Å². The highest BCUT2D eigenvalue weighted by atomic mass is 32.2. The fourth-order valence-corrected chi connectivity index (χ4v) is 5.07. The van der Waals surface area contributed by atoms with Gasteiger partial charge in [-0.3, -0.25) is 9.10 Å². The molecule has 0 saturated heterocycles. The van der Waals surface area contributed by atoms with Gasteiger partial charge < -0.3 is 9.64 Å². The van der Waals surface area contributed by atoms with Crippen molar-refractivity contribution in [1.82, 2.24) is 4.90 Å². The van der Waals surface area contributed by atoms with Crippen molar-refractivity contribution in [1.29, 1.82) is 0 Å². The highest BCUT2D eigenvalue weighted by Gasteiger charge is 2.28. The maximum absolute atomic E-state index is 13.1. The molecule has 0 heterocycles. The summed E-state index contributed by atoms with van der Waals surface area (Å²) in [5, 5.41) is 0. The lowest BCUT2D eigenvalue weighted by molar-refractivity contribution is 0.0693. The molecule has 156 valence electrons. The van der Waals surface area contributed by atoms with Crippen LogP contribution in [-0.4, -0.2) is 46.0 Å². The Morgan fingerprint density at radius 2 is 1.76 bits per heavy atom. The Hall–Kier alpha value is -2.54. The predicted molar refractivity (Wildman–Crippen MR) is 114 cm³/mol. The zero-order chi connectivity index (χ0) is 21.0. The molecule has 1 amide bonds. The van der Waals surface area contributed by atoms with Crippen LogP contribution in [0.15, 0.2) is 53.4 Å². The van der Waals surface area contributed by atoms with E-state index in [0.29, 0.717) is 23.5 Å². The fraction of sp³-hybridized carbons (Fsp3) is 0.409. The number of anilines is 1. The summed E-state index contributed by atoms with van der Waals surface area (Å²) in [6.45, 7) is 2.58. The van der Waals surface area contributed by atoms with Crippen molar-refractivity contribution in [3.63, 3.8) is 0 Å². The number of ether oxygens (including phenoxy) is 1. The van der Waals surface area contributed by atoms with E-state index in [4.69, 9.17) is 4.74 Å². The zero-order valence-corrected chi connectivity index (χ0v) is 18.0. The van der Waals surface area contributed by atoms with E-state index in [9.17, 15) is 13.2 Å². The van der Waals surface area contributed by atoms with E-state index < -0.39 is 10.0 Å². The molecule has 7 heteroatoms. The smallest absolute Gasteiger partial charge is 0.264 e. The van der Waals surface area contributed by atoms with Crippen LogP contribution in [0, 0.1) is 0 Å². The molecular formula is C22H28N2O4S. The summed E-state index contributed by atoms with van der Waals surface area (Å²) in [7, 11) is -0.736. The molecule has 29 heavy (non-hydrogen) atoms. The molecule has 1 aliphatic rings. The molecule has 1 aliphatic carbocycles. The molecule has 0 atom stereocenters. The van der Waals surface area contributed by atoms with Gasteiger partial charge in [0.2, 0.25) is 0 Å². The van der Waals surface area contributed by atoms with Crippen LogP contribution in [0.5, 0.6) is 5.75 Å². The number of carbonyl (C=O) groups excluding carboxylic acids is 1. The normalized spacial score (nSPS) is 14.6. The van der Waals surface area contributed by atoms with Crippen molar-refractivity contribution in [2.75, 3.05) is 25.0 Å². The minimum absolute atomic E-state index is 0.101. The first-order valence-electron chi connectivity index (χ1n) is 9.92. The van der Waals surface area contributed by atoms with Crippen molar-refractivity contribution >= 4 is 21.6 Å². The molecule has 0 spiro atoms. The SMILES string of the molecule is CCN(C(=O)c1cccc(S(=O)(=O)N(C)c2ccc(OC)cc2)c1)C1CCCC1. The summed E-state index contributed by atoms with van der Waals surface area (Å²) in [6.07, 6.45) is 4.29. The largest absolute Gasteiger partial charge is 0.497 e. The summed E-state index contributed by atoms with van der Waals surface area (Å²) in [5.41, 5.74) is 0.923. The van der Waals surface area contributed by atoms with Gasteiger partial charge in [-0.15, -0.1) is 0 Å². The first-order chi connectivity index (χ1) is 13.9. The summed E-state index contributed by atoms with van der Waals surface area (Å²) in [4.78, 5) is 15.0. The van der Waals surface area contributed by atoms with Crippen LogP contribution >= 0.6 is 0 Å². The molecule has 2 aromatic carbocycles. The summed E-state index contributed by atoms with van der Waals surface area (Å²) < 4.78 is 32.6. The van der Waals surface area contributed by atoms with E-state index in [1.54, 1.807) is 43.5 Å². The van der Waals surface area contributed by atoms with Gasteiger partial charge in [-0.05, 0) is 62.2 Å².